The van der Waals surface area contributed by atoms with E-state index in [0.29, 0.717) is 11.3 Å². The lowest BCUT2D eigenvalue weighted by molar-refractivity contribution is -0.274. The maximum absolute atomic E-state index is 12.0. The molecule has 0 fully saturated rings. The van der Waals surface area contributed by atoms with Crippen LogP contribution >= 0.6 is 11.3 Å². The largest absolute Gasteiger partial charge is 0.573 e. The van der Waals surface area contributed by atoms with Crippen LogP contribution in [0, 0.1) is 6.92 Å². The third-order valence-corrected chi connectivity index (χ3v) is 3.37. The number of halogens is 3. The molecule has 2 aromatic rings. The summed E-state index contributed by atoms with van der Waals surface area (Å²) >= 11 is 1.44. The first kappa shape index (κ1) is 16.3. The summed E-state index contributed by atoms with van der Waals surface area (Å²) in [4.78, 5) is 15.8. The van der Waals surface area contributed by atoms with Crippen LogP contribution in [0.1, 0.15) is 16.3 Å². The Bertz CT molecular complexity index is 638. The van der Waals surface area contributed by atoms with Crippen LogP contribution in [-0.2, 0) is 22.6 Å². The number of rotatable bonds is 5. The highest BCUT2D eigenvalue weighted by atomic mass is 32.1. The van der Waals surface area contributed by atoms with Crippen molar-refractivity contribution in [2.75, 3.05) is 0 Å². The third kappa shape index (κ3) is 5.36. The molecule has 0 amide bonds. The molecule has 0 atom stereocenters. The Morgan fingerprint density at radius 2 is 1.95 bits per heavy atom. The lowest BCUT2D eigenvalue weighted by atomic mass is 10.2. The average molecular weight is 331 g/mol. The first-order chi connectivity index (χ1) is 10.3. The normalized spacial score (nSPS) is 11.3. The molecule has 0 N–H and O–H groups in total. The van der Waals surface area contributed by atoms with E-state index in [1.165, 1.54) is 35.6 Å². The van der Waals surface area contributed by atoms with Crippen molar-refractivity contribution in [3.63, 3.8) is 0 Å². The minimum atomic E-state index is -4.72. The second-order valence-electron chi connectivity index (χ2n) is 4.39. The van der Waals surface area contributed by atoms with Gasteiger partial charge in [0.25, 0.3) is 0 Å². The van der Waals surface area contributed by atoms with Crippen LogP contribution in [0.15, 0.2) is 29.6 Å². The number of hydrogen-bond acceptors (Lipinski definition) is 5. The second kappa shape index (κ2) is 6.78. The Balaban J connectivity index is 1.82. The van der Waals surface area contributed by atoms with Crippen LogP contribution in [0.25, 0.3) is 0 Å². The number of nitrogens with zero attached hydrogens (tertiary/aromatic N) is 1. The van der Waals surface area contributed by atoms with E-state index in [9.17, 15) is 18.0 Å². The standard InChI is InChI=1S/C14H12F3NO3S/c1-9-18-11(8-22-9)6-13(19)20-7-10-2-4-12(5-3-10)21-14(15,16)17/h2-5,8H,6-7H2,1H3. The number of aromatic nitrogens is 1. The molecule has 0 aliphatic heterocycles. The van der Waals surface area contributed by atoms with Gasteiger partial charge in [0.1, 0.15) is 12.4 Å². The van der Waals surface area contributed by atoms with Crippen molar-refractivity contribution in [1.82, 2.24) is 4.98 Å². The van der Waals surface area contributed by atoms with Crippen LogP contribution in [0.5, 0.6) is 5.75 Å². The number of esters is 1. The van der Waals surface area contributed by atoms with E-state index < -0.39 is 12.3 Å². The Labute approximate surface area is 128 Å². The molecule has 1 aromatic carbocycles. The van der Waals surface area contributed by atoms with Gasteiger partial charge in [-0.3, -0.25) is 4.79 Å². The topological polar surface area (TPSA) is 48.4 Å². The number of hydrogen-bond donors (Lipinski definition) is 0. The van der Waals surface area contributed by atoms with E-state index in [1.807, 2.05) is 6.92 Å². The molecule has 0 radical (unpaired) electrons. The maximum Gasteiger partial charge on any atom is 0.573 e. The molecule has 22 heavy (non-hydrogen) atoms. The van der Waals surface area contributed by atoms with Crippen molar-refractivity contribution in [3.05, 3.63) is 45.9 Å². The smallest absolute Gasteiger partial charge is 0.461 e. The minimum absolute atomic E-state index is 0.0196. The molecule has 0 aliphatic rings. The van der Waals surface area contributed by atoms with Crippen LogP contribution < -0.4 is 4.74 Å². The first-order valence-corrected chi connectivity index (χ1v) is 7.11. The summed E-state index contributed by atoms with van der Waals surface area (Å²) in [5, 5.41) is 2.64. The van der Waals surface area contributed by atoms with Gasteiger partial charge in [0.2, 0.25) is 0 Å². The fourth-order valence-electron chi connectivity index (χ4n) is 1.64. The van der Waals surface area contributed by atoms with E-state index in [1.54, 1.807) is 5.38 Å². The molecule has 0 bridgehead atoms. The average Bonchev–Trinajstić information content (AvgIpc) is 2.81. The lowest BCUT2D eigenvalue weighted by Crippen LogP contribution is -2.17. The molecule has 8 heteroatoms. The summed E-state index contributed by atoms with van der Waals surface area (Å²) in [6.45, 7) is 1.82. The predicted molar refractivity (Wildman–Crippen MR) is 73.5 cm³/mol. The summed E-state index contributed by atoms with van der Waals surface area (Å²) in [5.74, 6) is -0.763. The van der Waals surface area contributed by atoms with E-state index in [0.717, 1.165) is 5.01 Å². The number of benzene rings is 1. The van der Waals surface area contributed by atoms with Crippen molar-refractivity contribution in [3.8, 4) is 5.75 Å². The van der Waals surface area contributed by atoms with Gasteiger partial charge < -0.3 is 9.47 Å². The summed E-state index contributed by atoms with van der Waals surface area (Å²) in [6, 6.07) is 5.14. The van der Waals surface area contributed by atoms with Gasteiger partial charge in [-0.25, -0.2) is 4.98 Å². The van der Waals surface area contributed by atoms with Crippen LogP contribution in [0.3, 0.4) is 0 Å². The van der Waals surface area contributed by atoms with Crippen molar-refractivity contribution < 1.29 is 27.4 Å². The number of aryl methyl sites for hydroxylation is 1. The van der Waals surface area contributed by atoms with Crippen LogP contribution in [0.2, 0.25) is 0 Å². The van der Waals surface area contributed by atoms with Gasteiger partial charge in [0.05, 0.1) is 17.1 Å². The van der Waals surface area contributed by atoms with Gasteiger partial charge in [0, 0.05) is 5.38 Å². The van der Waals surface area contributed by atoms with Gasteiger partial charge in [-0.2, -0.15) is 0 Å². The number of carbonyl (C=O) groups is 1. The van der Waals surface area contributed by atoms with Gasteiger partial charge >= 0.3 is 12.3 Å². The lowest BCUT2D eigenvalue weighted by Gasteiger charge is -2.09. The molecule has 1 heterocycles. The van der Waals surface area contributed by atoms with Gasteiger partial charge in [-0.1, -0.05) is 12.1 Å². The molecule has 0 aliphatic carbocycles. The van der Waals surface area contributed by atoms with E-state index in [-0.39, 0.29) is 18.8 Å². The van der Waals surface area contributed by atoms with Gasteiger partial charge in [0.15, 0.2) is 0 Å². The Morgan fingerprint density at radius 1 is 1.27 bits per heavy atom. The zero-order chi connectivity index (χ0) is 16.2. The second-order valence-corrected chi connectivity index (χ2v) is 5.45. The molecule has 0 spiro atoms. The minimum Gasteiger partial charge on any atom is -0.461 e. The quantitative estimate of drug-likeness (QED) is 0.785. The summed E-state index contributed by atoms with van der Waals surface area (Å²) in [6.07, 6.45) is -4.65. The summed E-state index contributed by atoms with van der Waals surface area (Å²) in [7, 11) is 0. The number of carbonyl (C=O) groups excluding carboxylic acids is 1. The highest BCUT2D eigenvalue weighted by molar-refractivity contribution is 7.09. The SMILES string of the molecule is Cc1nc(CC(=O)OCc2ccc(OC(F)(F)F)cc2)cs1. The predicted octanol–water partition coefficient (Wildman–Crippen LogP) is 3.64. The molecule has 0 unspecified atom stereocenters. The maximum atomic E-state index is 12.0. The molecule has 118 valence electrons. The number of thiazole rings is 1. The monoisotopic (exact) mass is 331 g/mol. The highest BCUT2D eigenvalue weighted by Crippen LogP contribution is 2.22. The van der Waals surface area contributed by atoms with Gasteiger partial charge in [-0.15, -0.1) is 24.5 Å². The summed E-state index contributed by atoms with van der Waals surface area (Å²) in [5.41, 5.74) is 1.21. The molecule has 1 aromatic heterocycles. The summed E-state index contributed by atoms with van der Waals surface area (Å²) < 4.78 is 44.8. The van der Waals surface area contributed by atoms with Crippen LogP contribution in [-0.4, -0.2) is 17.3 Å². The Hall–Kier alpha value is -2.09. The third-order valence-electron chi connectivity index (χ3n) is 2.55. The van der Waals surface area contributed by atoms with Crippen LogP contribution in [0.4, 0.5) is 13.2 Å². The van der Waals surface area contributed by atoms with Crippen molar-refractivity contribution >= 4 is 17.3 Å². The number of alkyl halides is 3. The zero-order valence-electron chi connectivity index (χ0n) is 11.5. The van der Waals surface area contributed by atoms with E-state index in [2.05, 4.69) is 9.72 Å². The molecule has 4 nitrogen and oxygen atoms in total. The van der Waals surface area contributed by atoms with Crippen molar-refractivity contribution in [2.24, 2.45) is 0 Å². The van der Waals surface area contributed by atoms with E-state index in [4.69, 9.17) is 4.74 Å². The highest BCUT2D eigenvalue weighted by Gasteiger charge is 2.30. The molecule has 0 saturated carbocycles. The first-order valence-electron chi connectivity index (χ1n) is 6.23. The molecular formula is C14H12F3NO3S. The molecule has 2 rings (SSSR count). The Kier molecular flexibility index (Phi) is 5.02. The molecule has 0 saturated heterocycles. The molecular weight excluding hydrogens is 319 g/mol. The van der Waals surface area contributed by atoms with Crippen molar-refractivity contribution in [2.45, 2.75) is 26.3 Å². The van der Waals surface area contributed by atoms with Gasteiger partial charge in [-0.05, 0) is 24.6 Å². The Morgan fingerprint density at radius 3 is 2.50 bits per heavy atom. The zero-order valence-corrected chi connectivity index (χ0v) is 12.3. The van der Waals surface area contributed by atoms with Crippen molar-refractivity contribution in [1.29, 1.82) is 0 Å². The fourth-order valence-corrected chi connectivity index (χ4v) is 2.25. The number of ether oxygens (including phenoxy) is 2. The van der Waals surface area contributed by atoms with E-state index >= 15 is 0 Å². The fraction of sp³-hybridized carbons (Fsp3) is 0.286.